The van der Waals surface area contributed by atoms with E-state index in [0.29, 0.717) is 29.2 Å². The maximum atomic E-state index is 11.8. The maximum Gasteiger partial charge on any atom is 0.336 e. The fraction of sp³-hybridized carbons (Fsp3) is 0.211. The van der Waals surface area contributed by atoms with Gasteiger partial charge in [-0.25, -0.2) is 4.79 Å². The molecule has 0 unspecified atom stereocenters. The van der Waals surface area contributed by atoms with Crippen LogP contribution in [0.5, 0.6) is 23.0 Å². The Hall–Kier alpha value is -2.86. The van der Waals surface area contributed by atoms with Crippen LogP contribution in [0.25, 0.3) is 11.6 Å². The highest BCUT2D eigenvalue weighted by Crippen LogP contribution is 2.37. The molecule has 0 saturated heterocycles. The minimum Gasteiger partial charge on any atom is -0.503 e. The third-order valence-corrected chi connectivity index (χ3v) is 3.87. The summed E-state index contributed by atoms with van der Waals surface area (Å²) < 4.78 is 15.7. The molecule has 0 aliphatic rings. The van der Waals surface area contributed by atoms with Gasteiger partial charge in [-0.15, -0.1) is 0 Å². The lowest BCUT2D eigenvalue weighted by Gasteiger charge is -2.11. The first-order valence-electron chi connectivity index (χ1n) is 7.74. The van der Waals surface area contributed by atoms with Crippen molar-refractivity contribution in [2.45, 2.75) is 6.92 Å². The predicted molar refractivity (Wildman–Crippen MR) is 99.3 cm³/mol. The van der Waals surface area contributed by atoms with Gasteiger partial charge in [-0.2, -0.15) is 0 Å². The molecule has 0 radical (unpaired) electrons. The molecular weight excluding hydrogens is 360 g/mol. The summed E-state index contributed by atoms with van der Waals surface area (Å²) >= 11 is 6.01. The summed E-state index contributed by atoms with van der Waals surface area (Å²) in [5.74, 6) is -0.223. The van der Waals surface area contributed by atoms with Crippen molar-refractivity contribution in [3.8, 4) is 23.0 Å². The van der Waals surface area contributed by atoms with Gasteiger partial charge in [0.25, 0.3) is 0 Å². The quantitative estimate of drug-likeness (QED) is 0.557. The monoisotopic (exact) mass is 378 g/mol. The Bertz CT molecular complexity index is 844. The van der Waals surface area contributed by atoms with Gasteiger partial charge in [0, 0.05) is 0 Å². The Morgan fingerprint density at radius 1 is 1.12 bits per heavy atom. The molecule has 138 valence electrons. The minimum absolute atomic E-state index is 0.0233. The highest BCUT2D eigenvalue weighted by Gasteiger charge is 2.15. The molecule has 2 N–H and O–H groups in total. The molecule has 0 aliphatic heterocycles. The lowest BCUT2D eigenvalue weighted by atomic mass is 10.0. The number of rotatable bonds is 7. The summed E-state index contributed by atoms with van der Waals surface area (Å²) in [5.41, 5.74) is 0.927. The maximum absolute atomic E-state index is 11.8. The van der Waals surface area contributed by atoms with Crippen molar-refractivity contribution in [1.29, 1.82) is 0 Å². The van der Waals surface area contributed by atoms with E-state index < -0.39 is 5.97 Å². The molecule has 0 saturated carbocycles. The summed E-state index contributed by atoms with van der Waals surface area (Å²) in [7, 11) is 2.97. The van der Waals surface area contributed by atoms with Gasteiger partial charge in [0.2, 0.25) is 0 Å². The SMILES string of the molecule is CCOc1cc(/C=C(\C(=O)O)c2ccc(OC)c(OC)c2)cc(Cl)c1O. The van der Waals surface area contributed by atoms with E-state index >= 15 is 0 Å². The molecule has 2 rings (SSSR count). The van der Waals surface area contributed by atoms with Crippen LogP contribution in [0.15, 0.2) is 30.3 Å². The fourth-order valence-electron chi connectivity index (χ4n) is 2.38. The zero-order valence-corrected chi connectivity index (χ0v) is 15.3. The molecular formula is C19H19ClO6. The topological polar surface area (TPSA) is 85.2 Å². The first-order chi connectivity index (χ1) is 12.4. The van der Waals surface area contributed by atoms with Crippen molar-refractivity contribution < 1.29 is 29.2 Å². The zero-order valence-electron chi connectivity index (χ0n) is 14.6. The van der Waals surface area contributed by atoms with Crippen molar-refractivity contribution in [2.24, 2.45) is 0 Å². The zero-order chi connectivity index (χ0) is 19.3. The number of halogens is 1. The Morgan fingerprint density at radius 2 is 1.81 bits per heavy atom. The summed E-state index contributed by atoms with van der Waals surface area (Å²) in [6, 6.07) is 7.80. The van der Waals surface area contributed by atoms with Gasteiger partial charge in [-0.3, -0.25) is 0 Å². The molecule has 0 amide bonds. The van der Waals surface area contributed by atoms with E-state index in [0.717, 1.165) is 0 Å². The van der Waals surface area contributed by atoms with Crippen molar-refractivity contribution in [3.63, 3.8) is 0 Å². The number of ether oxygens (including phenoxy) is 3. The predicted octanol–water partition coefficient (Wildman–Crippen LogP) is 4.09. The standard InChI is InChI=1S/C19H19ClO6/c1-4-26-17-9-11(8-14(20)18(17)21)7-13(19(22)23)12-5-6-15(24-2)16(10-12)25-3/h5-10,21H,4H2,1-3H3,(H,22,23)/b13-7-. The number of carbonyl (C=O) groups is 1. The summed E-state index contributed by atoms with van der Waals surface area (Å²) in [6.07, 6.45) is 1.44. The Morgan fingerprint density at radius 3 is 2.38 bits per heavy atom. The molecule has 2 aromatic carbocycles. The van der Waals surface area contributed by atoms with Crippen LogP contribution in [0, 0.1) is 0 Å². The Balaban J connectivity index is 2.56. The average molecular weight is 379 g/mol. The summed E-state index contributed by atoms with van der Waals surface area (Å²) in [4.78, 5) is 11.8. The van der Waals surface area contributed by atoms with E-state index in [-0.39, 0.29) is 22.1 Å². The lowest BCUT2D eigenvalue weighted by Crippen LogP contribution is -2.01. The number of methoxy groups -OCH3 is 2. The van der Waals surface area contributed by atoms with Crippen LogP contribution in [-0.2, 0) is 4.79 Å². The van der Waals surface area contributed by atoms with Crippen LogP contribution < -0.4 is 14.2 Å². The summed E-state index contributed by atoms with van der Waals surface area (Å²) in [5, 5.41) is 19.6. The third kappa shape index (κ3) is 4.21. The molecule has 0 fully saturated rings. The van der Waals surface area contributed by atoms with E-state index in [1.807, 2.05) is 0 Å². The number of phenols is 1. The third-order valence-electron chi connectivity index (χ3n) is 3.59. The number of benzene rings is 2. The van der Waals surface area contributed by atoms with Gasteiger partial charge in [0.05, 0.1) is 31.4 Å². The number of aromatic hydroxyl groups is 1. The Labute approximate surface area is 156 Å². The van der Waals surface area contributed by atoms with Crippen LogP contribution in [0.2, 0.25) is 5.02 Å². The smallest absolute Gasteiger partial charge is 0.336 e. The van der Waals surface area contributed by atoms with E-state index in [1.54, 1.807) is 25.1 Å². The van der Waals surface area contributed by atoms with Crippen molar-refractivity contribution >= 4 is 29.2 Å². The van der Waals surface area contributed by atoms with Gasteiger partial charge in [0.1, 0.15) is 0 Å². The molecule has 6 nitrogen and oxygen atoms in total. The second-order valence-corrected chi connectivity index (χ2v) is 5.62. The van der Waals surface area contributed by atoms with Crippen LogP contribution in [-0.4, -0.2) is 37.0 Å². The molecule has 0 aromatic heterocycles. The minimum atomic E-state index is -1.13. The number of hydrogen-bond donors (Lipinski definition) is 2. The molecule has 0 aliphatic carbocycles. The molecule has 0 spiro atoms. The highest BCUT2D eigenvalue weighted by molar-refractivity contribution is 6.32. The van der Waals surface area contributed by atoms with Gasteiger partial charge >= 0.3 is 5.97 Å². The fourth-order valence-corrected chi connectivity index (χ4v) is 2.60. The number of carboxylic acid groups (broad SMARTS) is 1. The highest BCUT2D eigenvalue weighted by atomic mass is 35.5. The number of aliphatic carboxylic acids is 1. The molecule has 26 heavy (non-hydrogen) atoms. The van der Waals surface area contributed by atoms with Crippen LogP contribution in [0.1, 0.15) is 18.1 Å². The van der Waals surface area contributed by atoms with E-state index in [1.165, 1.54) is 32.4 Å². The normalized spacial score (nSPS) is 11.2. The average Bonchev–Trinajstić information content (AvgIpc) is 2.63. The number of phenolic OH excluding ortho intramolecular Hbond substituents is 1. The van der Waals surface area contributed by atoms with Gasteiger partial charge in [-0.1, -0.05) is 17.7 Å². The van der Waals surface area contributed by atoms with E-state index in [2.05, 4.69) is 0 Å². The molecule has 2 aromatic rings. The van der Waals surface area contributed by atoms with Crippen LogP contribution >= 0.6 is 11.6 Å². The van der Waals surface area contributed by atoms with E-state index in [9.17, 15) is 15.0 Å². The van der Waals surface area contributed by atoms with Crippen LogP contribution in [0.4, 0.5) is 0 Å². The largest absolute Gasteiger partial charge is 0.503 e. The Kier molecular flexibility index (Phi) is 6.36. The first kappa shape index (κ1) is 19.5. The molecule has 7 heteroatoms. The summed E-state index contributed by atoms with van der Waals surface area (Å²) in [6.45, 7) is 2.10. The van der Waals surface area contributed by atoms with Crippen molar-refractivity contribution in [1.82, 2.24) is 0 Å². The van der Waals surface area contributed by atoms with Crippen molar-refractivity contribution in [3.05, 3.63) is 46.5 Å². The van der Waals surface area contributed by atoms with Crippen molar-refractivity contribution in [2.75, 3.05) is 20.8 Å². The lowest BCUT2D eigenvalue weighted by molar-refractivity contribution is -0.130. The van der Waals surface area contributed by atoms with E-state index in [4.69, 9.17) is 25.8 Å². The van der Waals surface area contributed by atoms with Crippen LogP contribution in [0.3, 0.4) is 0 Å². The number of hydrogen-bond acceptors (Lipinski definition) is 5. The van der Waals surface area contributed by atoms with Gasteiger partial charge in [0.15, 0.2) is 23.0 Å². The second kappa shape index (κ2) is 8.49. The first-order valence-corrected chi connectivity index (χ1v) is 8.11. The van der Waals surface area contributed by atoms with Gasteiger partial charge in [-0.05, 0) is 48.4 Å². The molecule has 0 atom stereocenters. The second-order valence-electron chi connectivity index (χ2n) is 5.22. The number of carboxylic acids is 1. The molecule has 0 bridgehead atoms. The molecule has 0 heterocycles. The van der Waals surface area contributed by atoms with Gasteiger partial charge < -0.3 is 24.4 Å².